The topological polar surface area (TPSA) is 52.0 Å². The first-order chi connectivity index (χ1) is 7.27. The van der Waals surface area contributed by atoms with E-state index in [1.165, 1.54) is 31.2 Å². The number of hydrogen-bond donors (Lipinski definition) is 2. The fraction of sp³-hybridized carbons (Fsp3) is 0.538. The van der Waals surface area contributed by atoms with Crippen molar-refractivity contribution in [2.24, 2.45) is 11.7 Å². The molecule has 0 amide bonds. The lowest BCUT2D eigenvalue weighted by molar-refractivity contribution is 0.306. The van der Waals surface area contributed by atoms with Gasteiger partial charge in [-0.2, -0.15) is 0 Å². The van der Waals surface area contributed by atoms with Crippen LogP contribution in [0.3, 0.4) is 0 Å². The van der Waals surface area contributed by atoms with E-state index in [4.69, 9.17) is 11.5 Å². The lowest BCUT2D eigenvalue weighted by Gasteiger charge is -2.28. The van der Waals surface area contributed by atoms with Crippen molar-refractivity contribution in [2.75, 3.05) is 5.73 Å². The standard InChI is InChI=1S/C13H20N2/c14-12-7-3-1-5-10(12)9-11-6-2-4-8-13(11)15/h1,3,5,7,11,13H,2,4,6,8-9,14-15H2. The normalized spacial score (nSPS) is 26.5. The Balaban J connectivity index is 2.04. The van der Waals surface area contributed by atoms with Gasteiger partial charge in [-0.3, -0.25) is 0 Å². The van der Waals surface area contributed by atoms with E-state index in [0.29, 0.717) is 12.0 Å². The highest BCUT2D eigenvalue weighted by Gasteiger charge is 2.22. The molecule has 2 heteroatoms. The molecule has 2 unspecified atom stereocenters. The average Bonchev–Trinajstić information content (AvgIpc) is 2.24. The van der Waals surface area contributed by atoms with Crippen LogP contribution >= 0.6 is 0 Å². The summed E-state index contributed by atoms with van der Waals surface area (Å²) in [6.45, 7) is 0. The molecular weight excluding hydrogens is 184 g/mol. The van der Waals surface area contributed by atoms with Crippen molar-refractivity contribution in [1.29, 1.82) is 0 Å². The van der Waals surface area contributed by atoms with E-state index in [1.54, 1.807) is 0 Å². The SMILES string of the molecule is Nc1ccccc1CC1CCCCC1N. The Bertz CT molecular complexity index is 322. The zero-order valence-corrected chi connectivity index (χ0v) is 9.15. The number of hydrogen-bond acceptors (Lipinski definition) is 2. The third-order valence-corrected chi connectivity index (χ3v) is 3.51. The smallest absolute Gasteiger partial charge is 0.0346 e. The summed E-state index contributed by atoms with van der Waals surface area (Å²) in [6.07, 6.45) is 6.10. The Kier molecular flexibility index (Phi) is 3.27. The molecule has 1 aliphatic carbocycles. The quantitative estimate of drug-likeness (QED) is 0.726. The second-order valence-corrected chi connectivity index (χ2v) is 4.61. The molecule has 2 atom stereocenters. The van der Waals surface area contributed by atoms with Gasteiger partial charge in [0.1, 0.15) is 0 Å². The predicted molar refractivity (Wildman–Crippen MR) is 64.5 cm³/mol. The zero-order chi connectivity index (χ0) is 10.7. The van der Waals surface area contributed by atoms with Crippen LogP contribution in [0.1, 0.15) is 31.2 Å². The van der Waals surface area contributed by atoms with Crippen LogP contribution in [0, 0.1) is 5.92 Å². The van der Waals surface area contributed by atoms with Gasteiger partial charge in [-0.15, -0.1) is 0 Å². The highest BCUT2D eigenvalue weighted by molar-refractivity contribution is 5.46. The maximum atomic E-state index is 6.14. The second kappa shape index (κ2) is 4.67. The minimum absolute atomic E-state index is 0.373. The fourth-order valence-electron chi connectivity index (χ4n) is 2.49. The van der Waals surface area contributed by atoms with Crippen LogP contribution < -0.4 is 11.5 Å². The summed E-state index contributed by atoms with van der Waals surface area (Å²) in [7, 11) is 0. The van der Waals surface area contributed by atoms with Gasteiger partial charge in [0.25, 0.3) is 0 Å². The van der Waals surface area contributed by atoms with E-state index in [9.17, 15) is 0 Å². The van der Waals surface area contributed by atoms with Crippen LogP contribution in [-0.2, 0) is 6.42 Å². The third-order valence-electron chi connectivity index (χ3n) is 3.51. The molecular formula is C13H20N2. The predicted octanol–water partition coefficient (Wildman–Crippen LogP) is 2.33. The summed E-state index contributed by atoms with van der Waals surface area (Å²) in [4.78, 5) is 0. The van der Waals surface area contributed by atoms with E-state index in [0.717, 1.165) is 12.1 Å². The van der Waals surface area contributed by atoms with Crippen LogP contribution in [0.5, 0.6) is 0 Å². The van der Waals surface area contributed by atoms with Gasteiger partial charge in [-0.05, 0) is 36.8 Å². The van der Waals surface area contributed by atoms with Gasteiger partial charge in [0, 0.05) is 11.7 Å². The molecule has 1 aliphatic rings. The molecule has 0 aliphatic heterocycles. The van der Waals surface area contributed by atoms with Crippen molar-refractivity contribution in [1.82, 2.24) is 0 Å². The molecule has 0 aromatic heterocycles. The van der Waals surface area contributed by atoms with Crippen LogP contribution in [0.2, 0.25) is 0 Å². The first kappa shape index (κ1) is 10.5. The molecule has 1 saturated carbocycles. The molecule has 2 rings (SSSR count). The van der Waals surface area contributed by atoms with Crippen LogP contribution in [0.15, 0.2) is 24.3 Å². The summed E-state index contributed by atoms with van der Waals surface area (Å²) >= 11 is 0. The van der Waals surface area contributed by atoms with Gasteiger partial charge in [0.2, 0.25) is 0 Å². The van der Waals surface area contributed by atoms with E-state index >= 15 is 0 Å². The van der Waals surface area contributed by atoms with Crippen LogP contribution in [0.25, 0.3) is 0 Å². The monoisotopic (exact) mass is 204 g/mol. The Morgan fingerprint density at radius 1 is 1.13 bits per heavy atom. The largest absolute Gasteiger partial charge is 0.399 e. The second-order valence-electron chi connectivity index (χ2n) is 4.61. The molecule has 1 aromatic carbocycles. The Morgan fingerprint density at radius 3 is 2.60 bits per heavy atom. The highest BCUT2D eigenvalue weighted by Crippen LogP contribution is 2.27. The molecule has 82 valence electrons. The summed E-state index contributed by atoms with van der Waals surface area (Å²) in [6, 6.07) is 8.51. The number of benzene rings is 1. The number of rotatable bonds is 2. The van der Waals surface area contributed by atoms with E-state index in [1.807, 2.05) is 12.1 Å². The lowest BCUT2D eigenvalue weighted by atomic mass is 9.81. The Labute approximate surface area is 91.7 Å². The lowest BCUT2D eigenvalue weighted by Crippen LogP contribution is -2.34. The third kappa shape index (κ3) is 2.51. The van der Waals surface area contributed by atoms with Gasteiger partial charge < -0.3 is 11.5 Å². The van der Waals surface area contributed by atoms with E-state index < -0.39 is 0 Å². The maximum Gasteiger partial charge on any atom is 0.0346 e. The Hall–Kier alpha value is -1.02. The van der Waals surface area contributed by atoms with E-state index in [2.05, 4.69) is 12.1 Å². The molecule has 0 heterocycles. The maximum absolute atomic E-state index is 6.14. The first-order valence-corrected chi connectivity index (χ1v) is 5.86. The van der Waals surface area contributed by atoms with Crippen molar-refractivity contribution >= 4 is 5.69 Å². The van der Waals surface area contributed by atoms with Gasteiger partial charge in [-0.1, -0.05) is 31.0 Å². The number of nitrogens with two attached hydrogens (primary N) is 2. The molecule has 0 saturated heterocycles. The highest BCUT2D eigenvalue weighted by atomic mass is 14.7. The molecule has 15 heavy (non-hydrogen) atoms. The fourth-order valence-corrected chi connectivity index (χ4v) is 2.49. The van der Waals surface area contributed by atoms with Crippen molar-refractivity contribution < 1.29 is 0 Å². The number of para-hydroxylation sites is 1. The summed E-state index contributed by atoms with van der Waals surface area (Å²) in [5.41, 5.74) is 14.3. The summed E-state index contributed by atoms with van der Waals surface area (Å²) in [5, 5.41) is 0. The minimum atomic E-state index is 0.373. The molecule has 4 N–H and O–H groups in total. The van der Waals surface area contributed by atoms with Crippen molar-refractivity contribution in [2.45, 2.75) is 38.1 Å². The van der Waals surface area contributed by atoms with Gasteiger partial charge in [-0.25, -0.2) is 0 Å². The van der Waals surface area contributed by atoms with Crippen LogP contribution in [-0.4, -0.2) is 6.04 Å². The number of anilines is 1. The van der Waals surface area contributed by atoms with Gasteiger partial charge >= 0.3 is 0 Å². The summed E-state index contributed by atoms with van der Waals surface area (Å²) in [5.74, 6) is 0.628. The minimum Gasteiger partial charge on any atom is -0.399 e. The summed E-state index contributed by atoms with van der Waals surface area (Å²) < 4.78 is 0. The average molecular weight is 204 g/mol. The molecule has 0 spiro atoms. The van der Waals surface area contributed by atoms with Crippen molar-refractivity contribution in [3.63, 3.8) is 0 Å². The molecule has 1 aromatic rings. The zero-order valence-electron chi connectivity index (χ0n) is 9.15. The Morgan fingerprint density at radius 2 is 1.87 bits per heavy atom. The van der Waals surface area contributed by atoms with Gasteiger partial charge in [0.05, 0.1) is 0 Å². The van der Waals surface area contributed by atoms with Crippen molar-refractivity contribution in [3.8, 4) is 0 Å². The molecule has 1 fully saturated rings. The van der Waals surface area contributed by atoms with Gasteiger partial charge in [0.15, 0.2) is 0 Å². The molecule has 2 nitrogen and oxygen atoms in total. The molecule has 0 radical (unpaired) electrons. The number of nitrogen functional groups attached to an aromatic ring is 1. The van der Waals surface area contributed by atoms with E-state index in [-0.39, 0.29) is 0 Å². The first-order valence-electron chi connectivity index (χ1n) is 5.86. The van der Waals surface area contributed by atoms with Crippen LogP contribution in [0.4, 0.5) is 5.69 Å². The molecule has 0 bridgehead atoms. The van der Waals surface area contributed by atoms with Crippen molar-refractivity contribution in [3.05, 3.63) is 29.8 Å².